The maximum absolute atomic E-state index is 10.3. The number of hydrogen-bond donors (Lipinski definition) is 5. The summed E-state index contributed by atoms with van der Waals surface area (Å²) in [4.78, 5) is 11.3. The van der Waals surface area contributed by atoms with Crippen molar-refractivity contribution in [1.82, 2.24) is 0 Å². The molecule has 1 unspecified atom stereocenters. The molecule has 8 heteroatoms. The molecule has 0 saturated carbocycles. The number of carboxylic acid groups (broad SMARTS) is 1. The molecule has 1 aromatic carbocycles. The van der Waals surface area contributed by atoms with Gasteiger partial charge in [0.1, 0.15) is 0 Å². The third-order valence-corrected chi connectivity index (χ3v) is 3.73. The maximum Gasteiger partial charge on any atom is 0.488 e. The zero-order valence-corrected chi connectivity index (χ0v) is 13.3. The number of rotatable bonds is 4. The summed E-state index contributed by atoms with van der Waals surface area (Å²) >= 11 is 1.58. The third kappa shape index (κ3) is 6.07. The first-order valence-electron chi connectivity index (χ1n) is 6.11. The first kappa shape index (κ1) is 19.9. The molecule has 118 valence electrons. The Balaban J connectivity index is 0.000000384. The van der Waals surface area contributed by atoms with Crippen molar-refractivity contribution in [3.63, 3.8) is 0 Å². The summed E-state index contributed by atoms with van der Waals surface area (Å²) < 4.78 is 0. The van der Waals surface area contributed by atoms with Crippen molar-refractivity contribution in [3.8, 4) is 0 Å². The van der Waals surface area contributed by atoms with E-state index in [9.17, 15) is 4.79 Å². The minimum absolute atomic E-state index is 0.539. The molecule has 21 heavy (non-hydrogen) atoms. The molecule has 0 bridgehead atoms. The molecule has 1 atom stereocenters. The lowest BCUT2D eigenvalue weighted by Crippen LogP contribution is -2.53. The summed E-state index contributed by atoms with van der Waals surface area (Å²) in [7, 11) is -1.36. The van der Waals surface area contributed by atoms with Gasteiger partial charge in [0.05, 0.1) is 5.60 Å². The van der Waals surface area contributed by atoms with Gasteiger partial charge in [0.25, 0.3) is 0 Å². The van der Waals surface area contributed by atoms with Crippen LogP contribution in [-0.4, -0.2) is 55.9 Å². The number of carbonyl (C=O) groups is 1. The van der Waals surface area contributed by atoms with Crippen molar-refractivity contribution in [1.29, 1.82) is 0 Å². The van der Waals surface area contributed by atoms with E-state index in [4.69, 9.17) is 25.4 Å². The quantitative estimate of drug-likeness (QED) is 0.382. The first-order valence-corrected chi connectivity index (χ1v) is 7.34. The largest absolute Gasteiger partial charge is 0.488 e. The monoisotopic (exact) mass is 316 g/mol. The molecule has 0 saturated heterocycles. The predicted octanol–water partition coefficient (Wildman–Crippen LogP) is -0.319. The van der Waals surface area contributed by atoms with Crippen LogP contribution in [0.1, 0.15) is 20.8 Å². The van der Waals surface area contributed by atoms with Gasteiger partial charge in [-0.1, -0.05) is 12.1 Å². The maximum atomic E-state index is 10.3. The molecule has 0 spiro atoms. The SMILES string of the molecule is CC(C)(O)C(C)(O)C(=O)O.CSc1cccc(B(O)O)c1. The van der Waals surface area contributed by atoms with Gasteiger partial charge in [-0.3, -0.25) is 0 Å². The van der Waals surface area contributed by atoms with Crippen molar-refractivity contribution in [3.05, 3.63) is 24.3 Å². The second-order valence-electron chi connectivity index (χ2n) is 5.09. The van der Waals surface area contributed by atoms with Gasteiger partial charge in [-0.2, -0.15) is 0 Å². The van der Waals surface area contributed by atoms with Crippen molar-refractivity contribution in [2.24, 2.45) is 0 Å². The molecule has 0 radical (unpaired) electrons. The van der Waals surface area contributed by atoms with Gasteiger partial charge in [0.15, 0.2) is 5.60 Å². The smallest absolute Gasteiger partial charge is 0.479 e. The molecule has 0 heterocycles. The molecule has 6 nitrogen and oxygen atoms in total. The van der Waals surface area contributed by atoms with Gasteiger partial charge in [0, 0.05) is 4.90 Å². The van der Waals surface area contributed by atoms with Crippen LogP contribution in [0.4, 0.5) is 0 Å². The summed E-state index contributed by atoms with van der Waals surface area (Å²) in [6.07, 6.45) is 1.95. The van der Waals surface area contributed by atoms with Gasteiger partial charge in [0.2, 0.25) is 0 Å². The molecule has 0 amide bonds. The lowest BCUT2D eigenvalue weighted by molar-refractivity contribution is -0.181. The van der Waals surface area contributed by atoms with E-state index in [1.54, 1.807) is 30.0 Å². The normalized spacial score (nSPS) is 13.7. The Labute approximate surface area is 128 Å². The molecule has 0 aliphatic rings. The fourth-order valence-corrected chi connectivity index (χ4v) is 1.53. The van der Waals surface area contributed by atoms with Gasteiger partial charge in [-0.05, 0) is 44.6 Å². The number of aliphatic carboxylic acids is 1. The summed E-state index contributed by atoms with van der Waals surface area (Å²) in [5, 5.41) is 44.1. The Morgan fingerprint density at radius 3 is 2.00 bits per heavy atom. The summed E-state index contributed by atoms with van der Waals surface area (Å²) in [5.41, 5.74) is -3.18. The fraction of sp³-hybridized carbons (Fsp3) is 0.462. The average molecular weight is 316 g/mol. The fourth-order valence-electron chi connectivity index (χ4n) is 1.06. The minimum Gasteiger partial charge on any atom is -0.479 e. The average Bonchev–Trinajstić information content (AvgIpc) is 2.38. The first-order chi connectivity index (χ1) is 9.43. The van der Waals surface area contributed by atoms with Crippen molar-refractivity contribution < 1.29 is 30.2 Å². The Hall–Kier alpha value is -1.06. The van der Waals surface area contributed by atoms with Crippen LogP contribution in [0.2, 0.25) is 0 Å². The van der Waals surface area contributed by atoms with E-state index < -0.39 is 24.3 Å². The van der Waals surface area contributed by atoms with Crippen LogP contribution in [0.5, 0.6) is 0 Å². The second kappa shape index (κ2) is 7.81. The number of benzene rings is 1. The zero-order chi connectivity index (χ0) is 16.8. The Bertz CT molecular complexity index is 470. The molecule has 1 rings (SSSR count). The van der Waals surface area contributed by atoms with Crippen LogP contribution >= 0.6 is 11.8 Å². The number of carboxylic acids is 1. The van der Waals surface area contributed by atoms with E-state index in [1.165, 1.54) is 13.8 Å². The van der Waals surface area contributed by atoms with E-state index in [-0.39, 0.29) is 0 Å². The van der Waals surface area contributed by atoms with E-state index in [2.05, 4.69) is 0 Å². The minimum atomic E-state index is -2.09. The van der Waals surface area contributed by atoms with Crippen LogP contribution in [0.15, 0.2) is 29.2 Å². The van der Waals surface area contributed by atoms with Crippen LogP contribution in [0.25, 0.3) is 0 Å². The van der Waals surface area contributed by atoms with Crippen molar-refractivity contribution in [2.75, 3.05) is 6.26 Å². The van der Waals surface area contributed by atoms with E-state index in [0.717, 1.165) is 11.8 Å². The Morgan fingerprint density at radius 2 is 1.71 bits per heavy atom. The standard InChI is InChI=1S/C7H9BO2S.C6H12O4/c1-11-7-4-2-3-6(5-7)8(9)10;1-5(2,9)6(3,10)4(7)8/h2-5,9-10H,1H3;9-10H,1-3H3,(H,7,8). The van der Waals surface area contributed by atoms with Crippen molar-refractivity contribution >= 4 is 30.3 Å². The lowest BCUT2D eigenvalue weighted by atomic mass is 9.80. The molecule has 0 aliphatic carbocycles. The van der Waals surface area contributed by atoms with Crippen LogP contribution < -0.4 is 5.46 Å². The zero-order valence-electron chi connectivity index (χ0n) is 12.4. The molecule has 0 aliphatic heterocycles. The number of hydrogen-bond acceptors (Lipinski definition) is 6. The molecular weight excluding hydrogens is 295 g/mol. The van der Waals surface area contributed by atoms with E-state index in [1.807, 2.05) is 12.3 Å². The number of aliphatic hydroxyl groups is 2. The highest BCUT2D eigenvalue weighted by Gasteiger charge is 2.44. The van der Waals surface area contributed by atoms with Gasteiger partial charge in [-0.25, -0.2) is 4.79 Å². The highest BCUT2D eigenvalue weighted by Crippen LogP contribution is 2.20. The molecule has 0 aromatic heterocycles. The summed E-state index contributed by atoms with van der Waals surface area (Å²) in [6, 6.07) is 7.18. The highest BCUT2D eigenvalue weighted by atomic mass is 32.2. The third-order valence-electron chi connectivity index (χ3n) is 3.00. The van der Waals surface area contributed by atoms with Crippen LogP contribution in [0, 0.1) is 0 Å². The lowest BCUT2D eigenvalue weighted by Gasteiger charge is -2.30. The van der Waals surface area contributed by atoms with E-state index >= 15 is 0 Å². The molecule has 1 aromatic rings. The van der Waals surface area contributed by atoms with Crippen LogP contribution in [-0.2, 0) is 4.79 Å². The van der Waals surface area contributed by atoms with Gasteiger partial charge >= 0.3 is 13.1 Å². The summed E-state index contributed by atoms with van der Waals surface area (Å²) in [6.45, 7) is 3.53. The van der Waals surface area contributed by atoms with Gasteiger partial charge < -0.3 is 25.4 Å². The Kier molecular flexibility index (Phi) is 7.42. The highest BCUT2D eigenvalue weighted by molar-refractivity contribution is 7.98. The molecule has 5 N–H and O–H groups in total. The van der Waals surface area contributed by atoms with Crippen molar-refractivity contribution in [2.45, 2.75) is 36.9 Å². The molecule has 0 fully saturated rings. The molecular formula is C13H21BO6S. The predicted molar refractivity (Wildman–Crippen MR) is 82.6 cm³/mol. The van der Waals surface area contributed by atoms with E-state index in [0.29, 0.717) is 5.46 Å². The topological polar surface area (TPSA) is 118 Å². The number of thioether (sulfide) groups is 1. The summed E-state index contributed by atoms with van der Waals surface area (Å²) in [5.74, 6) is -1.43. The van der Waals surface area contributed by atoms with Gasteiger partial charge in [-0.15, -0.1) is 11.8 Å². The Morgan fingerprint density at radius 1 is 1.19 bits per heavy atom. The second-order valence-corrected chi connectivity index (χ2v) is 5.97. The van der Waals surface area contributed by atoms with Crippen LogP contribution in [0.3, 0.4) is 0 Å².